The Labute approximate surface area is 97.4 Å². The third-order valence-corrected chi connectivity index (χ3v) is 2.38. The van der Waals surface area contributed by atoms with E-state index in [2.05, 4.69) is 10.3 Å². The standard InChI is InChI=1S/C12H12N2O3/c1-17-7-13-11(15)9-6-8-4-2-3-5-10(8)14-12(9)16/h2-6H,7H2,1H3,(H,13,15)(H,14,16). The van der Waals surface area contributed by atoms with Gasteiger partial charge in [0.25, 0.3) is 11.5 Å². The second kappa shape index (κ2) is 4.80. The number of amides is 1. The van der Waals surface area contributed by atoms with Gasteiger partial charge >= 0.3 is 0 Å². The number of hydrogen-bond donors (Lipinski definition) is 2. The lowest BCUT2D eigenvalue weighted by Crippen LogP contribution is -2.30. The summed E-state index contributed by atoms with van der Waals surface area (Å²) in [7, 11) is 1.46. The maximum absolute atomic E-state index is 11.7. The zero-order valence-corrected chi connectivity index (χ0v) is 9.32. The van der Waals surface area contributed by atoms with E-state index in [1.165, 1.54) is 7.11 Å². The molecular weight excluding hydrogens is 220 g/mol. The second-order valence-electron chi connectivity index (χ2n) is 3.54. The van der Waals surface area contributed by atoms with Crippen LogP contribution in [0, 0.1) is 0 Å². The number of aromatic nitrogens is 1. The lowest BCUT2D eigenvalue weighted by atomic mass is 10.1. The van der Waals surface area contributed by atoms with Gasteiger partial charge in [-0.05, 0) is 17.5 Å². The maximum Gasteiger partial charge on any atom is 0.261 e. The normalized spacial score (nSPS) is 10.4. The number of fused-ring (bicyclic) bond motifs is 1. The van der Waals surface area contributed by atoms with Crippen molar-refractivity contribution >= 4 is 16.8 Å². The monoisotopic (exact) mass is 232 g/mol. The Bertz CT molecular complexity index is 604. The Morgan fingerprint density at radius 2 is 2.18 bits per heavy atom. The molecule has 5 heteroatoms. The molecule has 2 aromatic rings. The third-order valence-electron chi connectivity index (χ3n) is 2.38. The lowest BCUT2D eigenvalue weighted by Gasteiger charge is -2.04. The Hall–Kier alpha value is -2.14. The van der Waals surface area contributed by atoms with Gasteiger partial charge in [0.05, 0.1) is 0 Å². The van der Waals surface area contributed by atoms with E-state index >= 15 is 0 Å². The van der Waals surface area contributed by atoms with Gasteiger partial charge in [-0.15, -0.1) is 0 Å². The maximum atomic E-state index is 11.7. The molecule has 0 aliphatic rings. The molecule has 0 aliphatic heterocycles. The fourth-order valence-electron chi connectivity index (χ4n) is 1.55. The Morgan fingerprint density at radius 3 is 2.94 bits per heavy atom. The van der Waals surface area contributed by atoms with Gasteiger partial charge in [0, 0.05) is 12.6 Å². The van der Waals surface area contributed by atoms with Gasteiger partial charge in [-0.2, -0.15) is 0 Å². The summed E-state index contributed by atoms with van der Waals surface area (Å²) < 4.78 is 4.72. The van der Waals surface area contributed by atoms with Gasteiger partial charge in [-0.25, -0.2) is 0 Å². The minimum Gasteiger partial charge on any atom is -0.364 e. The van der Waals surface area contributed by atoms with Crippen LogP contribution in [0.2, 0.25) is 0 Å². The van der Waals surface area contributed by atoms with Crippen LogP contribution in [0.1, 0.15) is 10.4 Å². The first-order valence-electron chi connectivity index (χ1n) is 5.11. The summed E-state index contributed by atoms with van der Waals surface area (Å²) in [6.45, 7) is 0.0745. The van der Waals surface area contributed by atoms with Crippen LogP contribution in [0.25, 0.3) is 10.9 Å². The van der Waals surface area contributed by atoms with E-state index in [0.29, 0.717) is 5.52 Å². The molecule has 1 aromatic carbocycles. The van der Waals surface area contributed by atoms with Crippen LogP contribution < -0.4 is 10.9 Å². The van der Waals surface area contributed by atoms with Gasteiger partial charge in [-0.3, -0.25) is 9.59 Å². The molecule has 0 aliphatic carbocycles. The number of methoxy groups -OCH3 is 1. The average molecular weight is 232 g/mol. The first-order chi connectivity index (χ1) is 8.22. The molecule has 0 spiro atoms. The second-order valence-corrected chi connectivity index (χ2v) is 3.54. The molecule has 1 amide bonds. The average Bonchev–Trinajstić information content (AvgIpc) is 2.35. The molecule has 1 aromatic heterocycles. The predicted octanol–water partition coefficient (Wildman–Crippen LogP) is 0.862. The van der Waals surface area contributed by atoms with E-state index in [0.717, 1.165) is 5.39 Å². The van der Waals surface area contributed by atoms with Crippen molar-refractivity contribution in [2.75, 3.05) is 13.8 Å². The molecule has 0 bridgehead atoms. The number of carbonyl (C=O) groups excluding carboxylic acids is 1. The summed E-state index contributed by atoms with van der Waals surface area (Å²) in [5.74, 6) is -0.446. The first-order valence-corrected chi connectivity index (χ1v) is 5.11. The molecule has 0 atom stereocenters. The molecule has 0 radical (unpaired) electrons. The molecule has 2 rings (SSSR count). The van der Waals surface area contributed by atoms with Crippen molar-refractivity contribution in [1.29, 1.82) is 0 Å². The fourth-order valence-corrected chi connectivity index (χ4v) is 1.55. The predicted molar refractivity (Wildman–Crippen MR) is 63.9 cm³/mol. The number of ether oxygens (including phenoxy) is 1. The van der Waals surface area contributed by atoms with E-state index in [1.807, 2.05) is 18.2 Å². The number of aromatic amines is 1. The number of benzene rings is 1. The molecule has 2 N–H and O–H groups in total. The Morgan fingerprint density at radius 1 is 1.41 bits per heavy atom. The van der Waals surface area contributed by atoms with Crippen LogP contribution in [0.15, 0.2) is 35.1 Å². The molecule has 0 saturated heterocycles. The highest BCUT2D eigenvalue weighted by Gasteiger charge is 2.10. The molecule has 0 saturated carbocycles. The Kier molecular flexibility index (Phi) is 3.20. The number of para-hydroxylation sites is 1. The zero-order valence-electron chi connectivity index (χ0n) is 9.32. The molecule has 1 heterocycles. The molecule has 5 nitrogen and oxygen atoms in total. The third kappa shape index (κ3) is 2.34. The number of carbonyl (C=O) groups is 1. The summed E-state index contributed by atoms with van der Waals surface area (Å²) in [4.78, 5) is 26.0. The van der Waals surface area contributed by atoms with Crippen LogP contribution in [-0.2, 0) is 4.74 Å². The van der Waals surface area contributed by atoms with Crippen molar-refractivity contribution < 1.29 is 9.53 Å². The highest BCUT2D eigenvalue weighted by atomic mass is 16.5. The summed E-state index contributed by atoms with van der Waals surface area (Å²) in [6.07, 6.45) is 0. The smallest absolute Gasteiger partial charge is 0.261 e. The van der Waals surface area contributed by atoms with Gasteiger partial charge in [0.1, 0.15) is 12.3 Å². The van der Waals surface area contributed by atoms with Crippen molar-refractivity contribution in [2.24, 2.45) is 0 Å². The van der Waals surface area contributed by atoms with Crippen LogP contribution in [0.3, 0.4) is 0 Å². The van der Waals surface area contributed by atoms with Crippen molar-refractivity contribution in [2.45, 2.75) is 0 Å². The molecular formula is C12H12N2O3. The Balaban J connectivity index is 2.44. The largest absolute Gasteiger partial charge is 0.364 e. The molecule has 17 heavy (non-hydrogen) atoms. The summed E-state index contributed by atoms with van der Waals surface area (Å²) in [5.41, 5.74) is 0.388. The SMILES string of the molecule is COCNC(=O)c1cc2ccccc2[nH]c1=O. The van der Waals surface area contributed by atoms with Crippen molar-refractivity contribution in [3.05, 3.63) is 46.2 Å². The van der Waals surface area contributed by atoms with E-state index in [-0.39, 0.29) is 12.3 Å². The molecule has 0 fully saturated rings. The van der Waals surface area contributed by atoms with Crippen LogP contribution in [-0.4, -0.2) is 24.7 Å². The lowest BCUT2D eigenvalue weighted by molar-refractivity contribution is 0.0871. The van der Waals surface area contributed by atoms with Gasteiger partial charge < -0.3 is 15.0 Å². The number of hydrogen-bond acceptors (Lipinski definition) is 3. The summed E-state index contributed by atoms with van der Waals surface area (Å²) in [5, 5.41) is 3.29. The number of nitrogens with one attached hydrogen (secondary N) is 2. The van der Waals surface area contributed by atoms with Crippen LogP contribution in [0.4, 0.5) is 0 Å². The molecule has 88 valence electrons. The van der Waals surface area contributed by atoms with Gasteiger partial charge in [0.2, 0.25) is 0 Å². The van der Waals surface area contributed by atoms with Crippen molar-refractivity contribution in [3.63, 3.8) is 0 Å². The minimum absolute atomic E-state index is 0.0745. The quantitative estimate of drug-likeness (QED) is 0.771. The first kappa shape index (κ1) is 11.3. The van der Waals surface area contributed by atoms with Gasteiger partial charge in [0.15, 0.2) is 0 Å². The van der Waals surface area contributed by atoms with Crippen LogP contribution in [0.5, 0.6) is 0 Å². The minimum atomic E-state index is -0.446. The van der Waals surface area contributed by atoms with E-state index < -0.39 is 11.5 Å². The summed E-state index contributed by atoms with van der Waals surface area (Å²) in [6, 6.07) is 8.85. The van der Waals surface area contributed by atoms with Crippen molar-refractivity contribution in [3.8, 4) is 0 Å². The number of rotatable bonds is 3. The van der Waals surface area contributed by atoms with Crippen molar-refractivity contribution in [1.82, 2.24) is 10.3 Å². The van der Waals surface area contributed by atoms with Gasteiger partial charge in [-0.1, -0.05) is 18.2 Å². The van der Waals surface area contributed by atoms with E-state index in [4.69, 9.17) is 4.74 Å². The van der Waals surface area contributed by atoms with Crippen LogP contribution >= 0.6 is 0 Å². The molecule has 0 unspecified atom stereocenters. The summed E-state index contributed by atoms with van der Waals surface area (Å²) >= 11 is 0. The highest BCUT2D eigenvalue weighted by molar-refractivity contribution is 5.97. The topological polar surface area (TPSA) is 71.2 Å². The zero-order chi connectivity index (χ0) is 12.3. The number of H-pyrrole nitrogens is 1. The van der Waals surface area contributed by atoms with E-state index in [9.17, 15) is 9.59 Å². The van der Waals surface area contributed by atoms with E-state index in [1.54, 1.807) is 12.1 Å². The fraction of sp³-hybridized carbons (Fsp3) is 0.167. The number of pyridine rings is 1. The highest BCUT2D eigenvalue weighted by Crippen LogP contribution is 2.09.